The van der Waals surface area contributed by atoms with Crippen LogP contribution < -0.4 is 0 Å². The Balaban J connectivity index is 1.70. The maximum Gasteiger partial charge on any atom is 0.175 e. The van der Waals surface area contributed by atoms with E-state index in [1.54, 1.807) is 5.57 Å². The van der Waals surface area contributed by atoms with Gasteiger partial charge in [-0.25, -0.2) is 4.58 Å². The first-order valence-corrected chi connectivity index (χ1v) is 7.49. The number of piperidine rings is 2. The molecule has 17 heavy (non-hydrogen) atoms. The van der Waals surface area contributed by atoms with Crippen molar-refractivity contribution in [2.24, 2.45) is 5.92 Å². The van der Waals surface area contributed by atoms with Crippen LogP contribution >= 0.6 is 0 Å². The second kappa shape index (κ2) is 3.86. The van der Waals surface area contributed by atoms with Gasteiger partial charge in [-0.1, -0.05) is 0 Å². The summed E-state index contributed by atoms with van der Waals surface area (Å²) in [6.07, 6.45) is 15.0. The van der Waals surface area contributed by atoms with Crippen molar-refractivity contribution in [2.75, 3.05) is 13.1 Å². The predicted molar refractivity (Wildman–Crippen MR) is 69.4 cm³/mol. The van der Waals surface area contributed by atoms with Crippen molar-refractivity contribution in [1.29, 1.82) is 0 Å². The van der Waals surface area contributed by atoms with Gasteiger partial charge in [0.1, 0.15) is 12.8 Å². The zero-order valence-corrected chi connectivity index (χ0v) is 10.6. The summed E-state index contributed by atoms with van der Waals surface area (Å²) < 4.78 is 2.68. The summed E-state index contributed by atoms with van der Waals surface area (Å²) in [4.78, 5) is 2.68. The van der Waals surface area contributed by atoms with Gasteiger partial charge in [0.25, 0.3) is 0 Å². The lowest BCUT2D eigenvalue weighted by atomic mass is 9.78. The van der Waals surface area contributed by atoms with Crippen molar-refractivity contribution in [3.8, 4) is 0 Å². The Labute approximate surface area is 104 Å². The molecular weight excluding hydrogens is 208 g/mol. The molecule has 2 saturated heterocycles. The van der Waals surface area contributed by atoms with E-state index in [2.05, 4.69) is 21.9 Å². The van der Waals surface area contributed by atoms with E-state index in [4.69, 9.17) is 0 Å². The molecule has 2 nitrogen and oxygen atoms in total. The molecule has 0 aromatic heterocycles. The highest BCUT2D eigenvalue weighted by Gasteiger charge is 2.43. The van der Waals surface area contributed by atoms with Crippen LogP contribution in [0.15, 0.2) is 11.8 Å². The molecular formula is C15H23N2+. The third-order valence-electron chi connectivity index (χ3n) is 5.24. The van der Waals surface area contributed by atoms with Gasteiger partial charge in [0.05, 0.1) is 5.92 Å². The van der Waals surface area contributed by atoms with Crippen LogP contribution in [0.2, 0.25) is 0 Å². The van der Waals surface area contributed by atoms with Gasteiger partial charge in [-0.3, -0.25) is 0 Å². The van der Waals surface area contributed by atoms with E-state index in [1.807, 2.05) is 0 Å². The highest BCUT2D eigenvalue weighted by atomic mass is 15.2. The van der Waals surface area contributed by atoms with Crippen molar-refractivity contribution in [3.05, 3.63) is 11.8 Å². The molecule has 0 amide bonds. The molecule has 0 saturated carbocycles. The monoisotopic (exact) mass is 231 g/mol. The fourth-order valence-electron chi connectivity index (χ4n) is 4.42. The van der Waals surface area contributed by atoms with Gasteiger partial charge in [0.15, 0.2) is 6.04 Å². The molecule has 0 aromatic carbocycles. The molecule has 0 radical (unpaired) electrons. The van der Waals surface area contributed by atoms with Crippen molar-refractivity contribution >= 4 is 6.21 Å². The minimum absolute atomic E-state index is 0.767. The van der Waals surface area contributed by atoms with Crippen LogP contribution in [0.5, 0.6) is 0 Å². The SMILES string of the molecule is C1=C2CC(C=[N+]3CCCCC23)C2CCCCN12. The van der Waals surface area contributed by atoms with Crippen LogP contribution in [-0.4, -0.2) is 40.9 Å². The molecule has 0 aromatic rings. The maximum atomic E-state index is 2.68. The maximum absolute atomic E-state index is 2.68. The molecule has 92 valence electrons. The summed E-state index contributed by atoms with van der Waals surface area (Å²) >= 11 is 0. The van der Waals surface area contributed by atoms with Crippen LogP contribution in [0.1, 0.15) is 44.9 Å². The normalized spacial score (nSPS) is 40.0. The standard InChI is InChI=1S/C15H23N2/c1-3-7-16-11-13-9-12(14(16)5-1)10-17-8-4-2-6-15(13)17/h10-12,14-15H,1-9H2/q+1. The van der Waals surface area contributed by atoms with E-state index in [0.29, 0.717) is 0 Å². The first-order chi connectivity index (χ1) is 8.42. The van der Waals surface area contributed by atoms with Crippen LogP contribution in [0.25, 0.3) is 0 Å². The second-order valence-electron chi connectivity index (χ2n) is 6.27. The van der Waals surface area contributed by atoms with Gasteiger partial charge in [-0.2, -0.15) is 0 Å². The third-order valence-corrected chi connectivity index (χ3v) is 5.24. The largest absolute Gasteiger partial charge is 0.373 e. The van der Waals surface area contributed by atoms with E-state index < -0.39 is 0 Å². The Kier molecular flexibility index (Phi) is 2.31. The summed E-state index contributed by atoms with van der Waals surface area (Å²) in [6, 6.07) is 1.60. The van der Waals surface area contributed by atoms with Gasteiger partial charge in [0.2, 0.25) is 0 Å². The lowest BCUT2D eigenvalue weighted by molar-refractivity contribution is -0.569. The molecule has 2 fully saturated rings. The predicted octanol–water partition coefficient (Wildman–Crippen LogP) is 2.39. The average Bonchev–Trinajstić information content (AvgIpc) is 2.39. The number of rotatable bonds is 0. The molecule has 2 bridgehead atoms. The van der Waals surface area contributed by atoms with E-state index in [1.165, 1.54) is 58.0 Å². The number of hydrogen-bond acceptors (Lipinski definition) is 1. The van der Waals surface area contributed by atoms with Gasteiger partial charge < -0.3 is 4.90 Å². The Morgan fingerprint density at radius 3 is 3.06 bits per heavy atom. The highest BCUT2D eigenvalue weighted by Crippen LogP contribution is 2.38. The Hall–Kier alpha value is -0.790. The topological polar surface area (TPSA) is 6.25 Å². The van der Waals surface area contributed by atoms with Crippen LogP contribution in [-0.2, 0) is 0 Å². The Bertz CT molecular complexity index is 382. The van der Waals surface area contributed by atoms with Crippen LogP contribution in [0.3, 0.4) is 0 Å². The van der Waals surface area contributed by atoms with E-state index in [-0.39, 0.29) is 0 Å². The first-order valence-electron chi connectivity index (χ1n) is 7.49. The molecule has 4 aliphatic heterocycles. The molecule has 2 heteroatoms. The number of nitrogens with zero attached hydrogens (tertiary/aromatic N) is 2. The van der Waals surface area contributed by atoms with Gasteiger partial charge in [-0.15, -0.1) is 0 Å². The smallest absolute Gasteiger partial charge is 0.175 e. The quantitative estimate of drug-likeness (QED) is 0.580. The molecule has 0 spiro atoms. The van der Waals surface area contributed by atoms with E-state index in [0.717, 1.165) is 18.0 Å². The molecule has 4 heterocycles. The molecule has 4 rings (SSSR count). The van der Waals surface area contributed by atoms with E-state index >= 15 is 0 Å². The Morgan fingerprint density at radius 2 is 2.06 bits per heavy atom. The number of fused-ring (bicyclic) bond motifs is 6. The molecule has 3 atom stereocenters. The average molecular weight is 231 g/mol. The summed E-state index contributed by atoms with van der Waals surface area (Å²) in [7, 11) is 0. The highest BCUT2D eigenvalue weighted by molar-refractivity contribution is 5.60. The molecule has 4 aliphatic rings. The fraction of sp³-hybridized carbons (Fsp3) is 0.800. The number of hydrogen-bond donors (Lipinski definition) is 0. The van der Waals surface area contributed by atoms with Gasteiger partial charge >= 0.3 is 0 Å². The first kappa shape index (κ1) is 10.2. The summed E-state index contributed by atoms with van der Waals surface area (Å²) in [5.41, 5.74) is 1.75. The third kappa shape index (κ3) is 1.56. The molecule has 3 unspecified atom stereocenters. The zero-order valence-electron chi connectivity index (χ0n) is 10.6. The minimum atomic E-state index is 0.767. The van der Waals surface area contributed by atoms with Crippen LogP contribution in [0, 0.1) is 5.92 Å². The summed E-state index contributed by atoms with van der Waals surface area (Å²) in [6.45, 7) is 2.62. The van der Waals surface area contributed by atoms with Gasteiger partial charge in [0, 0.05) is 37.2 Å². The lowest BCUT2D eigenvalue weighted by Gasteiger charge is -2.45. The Morgan fingerprint density at radius 1 is 1.12 bits per heavy atom. The fourth-order valence-corrected chi connectivity index (χ4v) is 4.42. The van der Waals surface area contributed by atoms with E-state index in [9.17, 15) is 0 Å². The zero-order chi connectivity index (χ0) is 11.2. The van der Waals surface area contributed by atoms with Crippen molar-refractivity contribution in [1.82, 2.24) is 4.90 Å². The molecule has 0 N–H and O–H groups in total. The summed E-state index contributed by atoms with van der Waals surface area (Å²) in [5.74, 6) is 0.824. The lowest BCUT2D eigenvalue weighted by Crippen LogP contribution is -2.51. The second-order valence-corrected chi connectivity index (χ2v) is 6.27. The molecule has 0 aliphatic carbocycles. The summed E-state index contributed by atoms with van der Waals surface area (Å²) in [5, 5.41) is 0. The van der Waals surface area contributed by atoms with Crippen molar-refractivity contribution in [3.63, 3.8) is 0 Å². The van der Waals surface area contributed by atoms with Gasteiger partial charge in [-0.05, 0) is 32.1 Å². The minimum Gasteiger partial charge on any atom is -0.373 e. The van der Waals surface area contributed by atoms with Crippen molar-refractivity contribution in [2.45, 2.75) is 57.0 Å². The van der Waals surface area contributed by atoms with Crippen molar-refractivity contribution < 1.29 is 4.58 Å². The van der Waals surface area contributed by atoms with Crippen LogP contribution in [0.4, 0.5) is 0 Å².